The Labute approximate surface area is 129 Å². The quantitative estimate of drug-likeness (QED) is 0.858. The molecule has 21 heavy (non-hydrogen) atoms. The highest BCUT2D eigenvalue weighted by atomic mass is 16.2. The Balaban J connectivity index is 2.48. The minimum Gasteiger partial charge on any atom is -0.350 e. The Kier molecular flexibility index (Phi) is 6.20. The van der Waals surface area contributed by atoms with E-state index in [0.717, 1.165) is 12.8 Å². The first-order chi connectivity index (χ1) is 9.60. The van der Waals surface area contributed by atoms with Crippen LogP contribution in [0.3, 0.4) is 0 Å². The molecule has 0 aromatic carbocycles. The number of hydrogen-bond acceptors (Lipinski definition) is 3. The third-order valence-electron chi connectivity index (χ3n) is 3.81. The van der Waals surface area contributed by atoms with Crippen LogP contribution in [0.4, 0.5) is 0 Å². The van der Waals surface area contributed by atoms with E-state index in [1.807, 2.05) is 32.7 Å². The maximum atomic E-state index is 12.4. The van der Waals surface area contributed by atoms with Crippen LogP contribution >= 0.6 is 0 Å². The monoisotopic (exact) mass is 297 g/mol. The van der Waals surface area contributed by atoms with E-state index in [2.05, 4.69) is 19.2 Å². The Morgan fingerprint density at radius 1 is 1.14 bits per heavy atom. The third-order valence-corrected chi connectivity index (χ3v) is 3.81. The number of piperidine rings is 1. The van der Waals surface area contributed by atoms with E-state index in [1.165, 1.54) is 6.42 Å². The number of carbonyl (C=O) groups excluding carboxylic acids is 2. The molecule has 2 amide bonds. The summed E-state index contributed by atoms with van der Waals surface area (Å²) in [5.74, 6) is 0.0818. The first-order valence-corrected chi connectivity index (χ1v) is 7.91. The van der Waals surface area contributed by atoms with Gasteiger partial charge in [-0.2, -0.15) is 0 Å². The van der Waals surface area contributed by atoms with Crippen molar-refractivity contribution >= 4 is 11.8 Å². The molecule has 1 heterocycles. The Hall–Kier alpha value is -1.10. The highest BCUT2D eigenvalue weighted by molar-refractivity contribution is 5.81. The Bertz CT molecular complexity index is 366. The molecular formula is C16H31N3O2. The van der Waals surface area contributed by atoms with Gasteiger partial charge < -0.3 is 10.2 Å². The van der Waals surface area contributed by atoms with Crippen molar-refractivity contribution in [2.75, 3.05) is 20.1 Å². The summed E-state index contributed by atoms with van der Waals surface area (Å²) in [6.45, 7) is 10.6. The lowest BCUT2D eigenvalue weighted by atomic mass is 9.97. The molecule has 0 bridgehead atoms. The summed E-state index contributed by atoms with van der Waals surface area (Å²) < 4.78 is 0. The molecule has 0 unspecified atom stereocenters. The largest absolute Gasteiger partial charge is 0.350 e. The third kappa shape index (κ3) is 6.04. The molecule has 2 atom stereocenters. The van der Waals surface area contributed by atoms with Gasteiger partial charge in [-0.25, -0.2) is 0 Å². The fourth-order valence-electron chi connectivity index (χ4n) is 2.98. The van der Waals surface area contributed by atoms with E-state index in [9.17, 15) is 9.59 Å². The maximum Gasteiger partial charge on any atom is 0.237 e. The lowest BCUT2D eigenvalue weighted by Crippen LogP contribution is -2.52. The predicted octanol–water partition coefficient (Wildman–Crippen LogP) is 1.62. The van der Waals surface area contributed by atoms with Gasteiger partial charge in [0.15, 0.2) is 0 Å². The highest BCUT2D eigenvalue weighted by Crippen LogP contribution is 2.22. The summed E-state index contributed by atoms with van der Waals surface area (Å²) in [6.07, 6.45) is 3.34. The number of amides is 2. The average molecular weight is 297 g/mol. The molecule has 0 aromatic heterocycles. The van der Waals surface area contributed by atoms with Gasteiger partial charge in [-0.15, -0.1) is 0 Å². The molecule has 0 aliphatic carbocycles. The number of rotatable bonds is 4. The molecule has 5 nitrogen and oxygen atoms in total. The van der Waals surface area contributed by atoms with Crippen molar-refractivity contribution in [2.45, 2.75) is 71.5 Å². The number of carbonyl (C=O) groups is 2. The van der Waals surface area contributed by atoms with Crippen molar-refractivity contribution < 1.29 is 9.59 Å². The summed E-state index contributed by atoms with van der Waals surface area (Å²) in [5.41, 5.74) is -0.238. The van der Waals surface area contributed by atoms with Crippen molar-refractivity contribution in [1.82, 2.24) is 15.1 Å². The minimum atomic E-state index is -0.238. The standard InChI is InChI=1S/C16H31N3O2/c1-12-8-7-9-13(2)19(12)15(21)11-18(6)10-14(20)17-16(3,4)5/h12-13H,7-11H2,1-6H3,(H,17,20)/t12-,13+. The number of hydrogen-bond donors (Lipinski definition) is 1. The molecule has 122 valence electrons. The molecule has 0 radical (unpaired) electrons. The van der Waals surface area contributed by atoms with E-state index in [-0.39, 0.29) is 23.9 Å². The van der Waals surface area contributed by atoms with Gasteiger partial charge >= 0.3 is 0 Å². The number of nitrogens with zero attached hydrogens (tertiary/aromatic N) is 2. The van der Waals surface area contributed by atoms with Crippen LogP contribution in [0.5, 0.6) is 0 Å². The van der Waals surface area contributed by atoms with E-state index < -0.39 is 0 Å². The van der Waals surface area contributed by atoms with Crippen molar-refractivity contribution in [2.24, 2.45) is 0 Å². The van der Waals surface area contributed by atoms with Crippen LogP contribution in [-0.4, -0.2) is 59.4 Å². The molecule has 1 aliphatic heterocycles. The molecule has 5 heteroatoms. The van der Waals surface area contributed by atoms with Crippen molar-refractivity contribution in [1.29, 1.82) is 0 Å². The first kappa shape index (κ1) is 18.0. The maximum absolute atomic E-state index is 12.4. The predicted molar refractivity (Wildman–Crippen MR) is 85.0 cm³/mol. The molecule has 1 rings (SSSR count). The molecular weight excluding hydrogens is 266 g/mol. The second kappa shape index (κ2) is 7.25. The highest BCUT2D eigenvalue weighted by Gasteiger charge is 2.29. The second-order valence-corrected chi connectivity index (χ2v) is 7.40. The average Bonchev–Trinajstić information content (AvgIpc) is 2.24. The van der Waals surface area contributed by atoms with E-state index in [4.69, 9.17) is 0 Å². The summed E-state index contributed by atoms with van der Waals surface area (Å²) >= 11 is 0. The van der Waals surface area contributed by atoms with Crippen molar-refractivity contribution in [3.8, 4) is 0 Å². The van der Waals surface area contributed by atoms with Gasteiger partial charge in [0.2, 0.25) is 11.8 Å². The molecule has 1 fully saturated rings. The van der Waals surface area contributed by atoms with Crippen LogP contribution in [0.25, 0.3) is 0 Å². The minimum absolute atomic E-state index is 0.0439. The molecule has 0 spiro atoms. The summed E-state index contributed by atoms with van der Waals surface area (Å²) in [7, 11) is 1.82. The zero-order valence-corrected chi connectivity index (χ0v) is 14.4. The molecule has 1 N–H and O–H groups in total. The summed E-state index contributed by atoms with van der Waals surface area (Å²) in [6, 6.07) is 0.608. The van der Waals surface area contributed by atoms with E-state index >= 15 is 0 Å². The van der Waals surface area contributed by atoms with E-state index in [1.54, 1.807) is 4.90 Å². The second-order valence-electron chi connectivity index (χ2n) is 7.40. The first-order valence-electron chi connectivity index (χ1n) is 7.91. The smallest absolute Gasteiger partial charge is 0.237 e. The van der Waals surface area contributed by atoms with Gasteiger partial charge in [0.05, 0.1) is 13.1 Å². The van der Waals surface area contributed by atoms with Crippen molar-refractivity contribution in [3.05, 3.63) is 0 Å². The van der Waals surface area contributed by atoms with Gasteiger partial charge in [-0.3, -0.25) is 14.5 Å². The number of likely N-dealkylation sites (N-methyl/N-ethyl adjacent to an activating group) is 1. The Morgan fingerprint density at radius 2 is 1.67 bits per heavy atom. The Morgan fingerprint density at radius 3 is 2.14 bits per heavy atom. The normalized spacial score (nSPS) is 23.3. The SMILES string of the molecule is C[C@@H]1CCC[C@H](C)N1C(=O)CN(C)CC(=O)NC(C)(C)C. The van der Waals surface area contributed by atoms with Crippen LogP contribution in [0.1, 0.15) is 53.9 Å². The fourth-order valence-corrected chi connectivity index (χ4v) is 2.98. The molecule has 0 aromatic rings. The number of nitrogens with one attached hydrogen (secondary N) is 1. The van der Waals surface area contributed by atoms with Gasteiger partial charge in [0.25, 0.3) is 0 Å². The van der Waals surface area contributed by atoms with E-state index in [0.29, 0.717) is 18.6 Å². The van der Waals surface area contributed by atoms with Gasteiger partial charge in [0, 0.05) is 17.6 Å². The summed E-state index contributed by atoms with van der Waals surface area (Å²) in [5, 5.41) is 2.91. The van der Waals surface area contributed by atoms with Crippen LogP contribution in [0, 0.1) is 0 Å². The lowest BCUT2D eigenvalue weighted by Gasteiger charge is -2.39. The molecule has 0 saturated carbocycles. The van der Waals surface area contributed by atoms with Crippen LogP contribution in [0.2, 0.25) is 0 Å². The topological polar surface area (TPSA) is 52.7 Å². The van der Waals surface area contributed by atoms with Crippen molar-refractivity contribution in [3.63, 3.8) is 0 Å². The zero-order valence-electron chi connectivity index (χ0n) is 14.4. The van der Waals surface area contributed by atoms with Gasteiger partial charge in [-0.05, 0) is 60.9 Å². The molecule has 1 saturated heterocycles. The number of likely N-dealkylation sites (tertiary alicyclic amines) is 1. The van der Waals surface area contributed by atoms with Crippen LogP contribution in [0.15, 0.2) is 0 Å². The van der Waals surface area contributed by atoms with Gasteiger partial charge in [0.1, 0.15) is 0 Å². The van der Waals surface area contributed by atoms with Crippen LogP contribution < -0.4 is 5.32 Å². The van der Waals surface area contributed by atoms with Crippen LogP contribution in [-0.2, 0) is 9.59 Å². The fraction of sp³-hybridized carbons (Fsp3) is 0.875. The summed E-state index contributed by atoms with van der Waals surface area (Å²) in [4.78, 5) is 28.1. The molecule has 1 aliphatic rings. The van der Waals surface area contributed by atoms with Gasteiger partial charge in [-0.1, -0.05) is 0 Å². The lowest BCUT2D eigenvalue weighted by molar-refractivity contribution is -0.138. The zero-order chi connectivity index (χ0) is 16.2.